The van der Waals surface area contributed by atoms with Crippen molar-refractivity contribution in [2.24, 2.45) is 5.73 Å². The van der Waals surface area contributed by atoms with Crippen LogP contribution in [0.1, 0.15) is 22.4 Å². The average Bonchev–Trinajstić information content (AvgIpc) is 2.34. The number of nitrogens with two attached hydrogens (primary N) is 1. The van der Waals surface area contributed by atoms with Gasteiger partial charge < -0.3 is 10.5 Å². The highest BCUT2D eigenvalue weighted by atomic mass is 35.5. The van der Waals surface area contributed by atoms with E-state index in [-0.39, 0.29) is 0 Å². The average molecular weight is 277 g/mol. The van der Waals surface area contributed by atoms with E-state index in [1.54, 1.807) is 0 Å². The molecule has 0 atom stereocenters. The fourth-order valence-electron chi connectivity index (χ4n) is 2.00. The molecule has 0 unspecified atom stereocenters. The van der Waals surface area contributed by atoms with Gasteiger partial charge in [-0.1, -0.05) is 17.7 Å². The SMILES string of the molecule is Cc1cc(Cl)cc(C)c1Oc1ccc(CN)c(C)n1. The molecule has 2 rings (SSSR count). The summed E-state index contributed by atoms with van der Waals surface area (Å²) in [7, 11) is 0. The van der Waals surface area contributed by atoms with E-state index in [0.29, 0.717) is 17.4 Å². The minimum Gasteiger partial charge on any atom is -0.438 e. The molecule has 0 aliphatic carbocycles. The number of benzene rings is 1. The van der Waals surface area contributed by atoms with E-state index in [9.17, 15) is 0 Å². The highest BCUT2D eigenvalue weighted by molar-refractivity contribution is 6.30. The molecule has 0 fully saturated rings. The van der Waals surface area contributed by atoms with Gasteiger partial charge in [-0.3, -0.25) is 0 Å². The Hall–Kier alpha value is -1.58. The summed E-state index contributed by atoms with van der Waals surface area (Å²) in [5.74, 6) is 1.38. The number of hydrogen-bond donors (Lipinski definition) is 1. The van der Waals surface area contributed by atoms with Gasteiger partial charge in [0.25, 0.3) is 0 Å². The molecular formula is C15H17ClN2O. The van der Waals surface area contributed by atoms with Crippen LogP contribution in [-0.2, 0) is 6.54 Å². The first-order valence-electron chi connectivity index (χ1n) is 6.12. The third-order valence-electron chi connectivity index (χ3n) is 3.02. The standard InChI is InChI=1S/C15H17ClN2O/c1-9-6-13(16)7-10(2)15(9)19-14-5-4-12(8-17)11(3)18-14/h4-7H,8,17H2,1-3H3. The molecule has 0 aliphatic rings. The summed E-state index contributed by atoms with van der Waals surface area (Å²) in [5, 5.41) is 0.713. The fraction of sp³-hybridized carbons (Fsp3) is 0.267. The van der Waals surface area contributed by atoms with Gasteiger partial charge in [-0.2, -0.15) is 0 Å². The van der Waals surface area contributed by atoms with Crippen molar-refractivity contribution in [3.63, 3.8) is 0 Å². The molecule has 0 radical (unpaired) electrons. The van der Waals surface area contributed by atoms with E-state index < -0.39 is 0 Å². The Morgan fingerprint density at radius 3 is 2.32 bits per heavy atom. The van der Waals surface area contributed by atoms with Gasteiger partial charge in [-0.15, -0.1) is 0 Å². The predicted octanol–water partition coefficient (Wildman–Crippen LogP) is 3.91. The van der Waals surface area contributed by atoms with Gasteiger partial charge in [0.05, 0.1) is 0 Å². The predicted molar refractivity (Wildman–Crippen MR) is 77.9 cm³/mol. The van der Waals surface area contributed by atoms with E-state index in [4.69, 9.17) is 22.1 Å². The fourth-order valence-corrected chi connectivity index (χ4v) is 2.33. The Labute approximate surface area is 118 Å². The van der Waals surface area contributed by atoms with Crippen LogP contribution in [0, 0.1) is 20.8 Å². The number of pyridine rings is 1. The van der Waals surface area contributed by atoms with E-state index in [0.717, 1.165) is 28.1 Å². The first-order valence-corrected chi connectivity index (χ1v) is 6.50. The van der Waals surface area contributed by atoms with Crippen LogP contribution in [0.25, 0.3) is 0 Å². The molecule has 0 aliphatic heterocycles. The smallest absolute Gasteiger partial charge is 0.219 e. The maximum Gasteiger partial charge on any atom is 0.219 e. The largest absolute Gasteiger partial charge is 0.438 e. The van der Waals surface area contributed by atoms with Crippen LogP contribution in [-0.4, -0.2) is 4.98 Å². The molecule has 1 aromatic carbocycles. The lowest BCUT2D eigenvalue weighted by molar-refractivity contribution is 0.454. The zero-order valence-electron chi connectivity index (χ0n) is 11.3. The number of nitrogens with zero attached hydrogens (tertiary/aromatic N) is 1. The van der Waals surface area contributed by atoms with Crippen molar-refractivity contribution < 1.29 is 4.74 Å². The van der Waals surface area contributed by atoms with E-state index in [2.05, 4.69) is 4.98 Å². The van der Waals surface area contributed by atoms with Gasteiger partial charge in [0.1, 0.15) is 5.75 Å². The van der Waals surface area contributed by atoms with E-state index in [1.165, 1.54) is 0 Å². The quantitative estimate of drug-likeness (QED) is 0.924. The molecule has 2 N–H and O–H groups in total. The van der Waals surface area contributed by atoms with Crippen LogP contribution in [0.15, 0.2) is 24.3 Å². The maximum atomic E-state index is 6.00. The van der Waals surface area contributed by atoms with Crippen molar-refractivity contribution >= 4 is 11.6 Å². The summed E-state index contributed by atoms with van der Waals surface area (Å²) in [6.45, 7) is 6.35. The maximum absolute atomic E-state index is 6.00. The number of hydrogen-bond acceptors (Lipinski definition) is 3. The summed E-state index contributed by atoms with van der Waals surface area (Å²) < 4.78 is 5.86. The molecule has 0 spiro atoms. The van der Waals surface area contributed by atoms with Crippen molar-refractivity contribution in [3.05, 3.63) is 51.7 Å². The Bertz CT molecular complexity index is 588. The number of halogens is 1. The Kier molecular flexibility index (Phi) is 4.08. The number of aryl methyl sites for hydroxylation is 3. The lowest BCUT2D eigenvalue weighted by Gasteiger charge is -2.12. The van der Waals surface area contributed by atoms with Crippen molar-refractivity contribution in [3.8, 4) is 11.6 Å². The third-order valence-corrected chi connectivity index (χ3v) is 3.24. The molecule has 100 valence electrons. The Balaban J connectivity index is 2.34. The molecule has 19 heavy (non-hydrogen) atoms. The highest BCUT2D eigenvalue weighted by Crippen LogP contribution is 2.30. The van der Waals surface area contributed by atoms with Crippen molar-refractivity contribution in [1.82, 2.24) is 4.98 Å². The Morgan fingerprint density at radius 2 is 1.79 bits per heavy atom. The van der Waals surface area contributed by atoms with Crippen LogP contribution in [0.2, 0.25) is 5.02 Å². The molecule has 3 nitrogen and oxygen atoms in total. The highest BCUT2D eigenvalue weighted by Gasteiger charge is 2.09. The van der Waals surface area contributed by atoms with Gasteiger partial charge in [-0.25, -0.2) is 4.98 Å². The number of aromatic nitrogens is 1. The van der Waals surface area contributed by atoms with Crippen LogP contribution in [0.4, 0.5) is 0 Å². The van der Waals surface area contributed by atoms with Crippen molar-refractivity contribution in [1.29, 1.82) is 0 Å². The monoisotopic (exact) mass is 276 g/mol. The number of rotatable bonds is 3. The van der Waals surface area contributed by atoms with Crippen LogP contribution >= 0.6 is 11.6 Å². The minimum atomic E-state index is 0.484. The van der Waals surface area contributed by atoms with Crippen molar-refractivity contribution in [2.75, 3.05) is 0 Å². The third kappa shape index (κ3) is 3.06. The normalized spacial score (nSPS) is 10.6. The van der Waals surface area contributed by atoms with Gasteiger partial charge in [-0.05, 0) is 49.6 Å². The molecule has 0 amide bonds. The lowest BCUT2D eigenvalue weighted by Crippen LogP contribution is -2.02. The second-order valence-corrected chi connectivity index (χ2v) is 5.01. The first kappa shape index (κ1) is 13.8. The minimum absolute atomic E-state index is 0.484. The molecule has 4 heteroatoms. The van der Waals surface area contributed by atoms with Gasteiger partial charge in [0.2, 0.25) is 5.88 Å². The summed E-state index contributed by atoms with van der Waals surface area (Å²) in [6.07, 6.45) is 0. The summed E-state index contributed by atoms with van der Waals surface area (Å²) >= 11 is 6.00. The van der Waals surface area contributed by atoms with Crippen LogP contribution in [0.5, 0.6) is 11.6 Å². The molecular weight excluding hydrogens is 260 g/mol. The lowest BCUT2D eigenvalue weighted by atomic mass is 10.1. The molecule has 0 saturated carbocycles. The molecule has 2 aromatic rings. The first-order chi connectivity index (χ1) is 9.01. The van der Waals surface area contributed by atoms with Gasteiger partial charge in [0.15, 0.2) is 0 Å². The van der Waals surface area contributed by atoms with Crippen LogP contribution in [0.3, 0.4) is 0 Å². The second kappa shape index (κ2) is 5.59. The second-order valence-electron chi connectivity index (χ2n) is 4.57. The zero-order chi connectivity index (χ0) is 14.0. The molecule has 1 heterocycles. The number of ether oxygens (including phenoxy) is 1. The van der Waals surface area contributed by atoms with Crippen molar-refractivity contribution in [2.45, 2.75) is 27.3 Å². The summed E-state index contributed by atoms with van der Waals surface area (Å²) in [4.78, 5) is 4.41. The topological polar surface area (TPSA) is 48.1 Å². The van der Waals surface area contributed by atoms with E-state index >= 15 is 0 Å². The Morgan fingerprint density at radius 1 is 1.16 bits per heavy atom. The summed E-state index contributed by atoms with van der Waals surface area (Å²) in [5.41, 5.74) is 9.53. The van der Waals surface area contributed by atoms with Gasteiger partial charge >= 0.3 is 0 Å². The zero-order valence-corrected chi connectivity index (χ0v) is 12.1. The summed E-state index contributed by atoms with van der Waals surface area (Å²) in [6, 6.07) is 7.54. The van der Waals surface area contributed by atoms with Crippen LogP contribution < -0.4 is 10.5 Å². The molecule has 0 bridgehead atoms. The molecule has 1 aromatic heterocycles. The molecule has 0 saturated heterocycles. The van der Waals surface area contributed by atoms with E-state index in [1.807, 2.05) is 45.0 Å². The van der Waals surface area contributed by atoms with Gasteiger partial charge in [0, 0.05) is 23.3 Å².